The maximum absolute atomic E-state index is 13.4. The van der Waals surface area contributed by atoms with Gasteiger partial charge in [0, 0.05) is 21.2 Å². The molecule has 8 heteroatoms. The number of hydrogen-bond acceptors (Lipinski definition) is 5. The predicted octanol–water partition coefficient (Wildman–Crippen LogP) is 6.70. The summed E-state index contributed by atoms with van der Waals surface area (Å²) < 4.78 is 14.1. The van der Waals surface area contributed by atoms with E-state index >= 15 is 0 Å². The van der Waals surface area contributed by atoms with Crippen LogP contribution < -0.4 is 19.6 Å². The first-order valence-electron chi connectivity index (χ1n) is 11.6. The number of halogens is 2. The molecule has 0 radical (unpaired) electrons. The summed E-state index contributed by atoms with van der Waals surface area (Å²) in [5, 5.41) is 1.10. The summed E-state index contributed by atoms with van der Waals surface area (Å²) >= 11 is 13.7. The number of benzene rings is 3. The first kappa shape index (κ1) is 25.3. The van der Waals surface area contributed by atoms with Gasteiger partial charge in [0.25, 0.3) is 5.56 Å². The summed E-state index contributed by atoms with van der Waals surface area (Å²) in [4.78, 5) is 18.7. The second-order valence-electron chi connectivity index (χ2n) is 8.80. The Morgan fingerprint density at radius 3 is 2.59 bits per heavy atom. The molecule has 0 unspecified atom stereocenters. The molecule has 0 fully saturated rings. The van der Waals surface area contributed by atoms with Gasteiger partial charge in [0.15, 0.2) is 16.5 Å². The highest BCUT2D eigenvalue weighted by Crippen LogP contribution is 2.35. The Hall–Kier alpha value is -3.32. The third-order valence-corrected chi connectivity index (χ3v) is 7.83. The number of aryl methyl sites for hydroxylation is 2. The van der Waals surface area contributed by atoms with Gasteiger partial charge < -0.3 is 9.47 Å². The zero-order valence-corrected chi connectivity index (χ0v) is 22.9. The molecule has 0 amide bonds. The number of imidazole rings is 1. The number of thiazole rings is 1. The molecule has 5 aromatic rings. The Kier molecular flexibility index (Phi) is 6.99. The molecule has 0 N–H and O–H groups in total. The number of rotatable bonds is 7. The minimum atomic E-state index is -0.0901. The molecule has 188 valence electrons. The molecule has 0 saturated heterocycles. The van der Waals surface area contributed by atoms with Gasteiger partial charge in [-0.3, -0.25) is 4.79 Å². The Bertz CT molecular complexity index is 1790. The lowest BCUT2D eigenvalue weighted by molar-refractivity contribution is 0.282. The van der Waals surface area contributed by atoms with Gasteiger partial charge in [-0.25, -0.2) is 9.38 Å². The number of ether oxygens (including phenoxy) is 2. The second-order valence-corrected chi connectivity index (χ2v) is 10.7. The molecule has 0 saturated carbocycles. The van der Waals surface area contributed by atoms with E-state index in [2.05, 4.69) is 11.6 Å². The number of allylic oxidation sites excluding steroid dienone is 1. The van der Waals surface area contributed by atoms with Crippen molar-refractivity contribution < 1.29 is 9.47 Å². The second kappa shape index (κ2) is 10.2. The third-order valence-electron chi connectivity index (χ3n) is 6.28. The smallest absolute Gasteiger partial charge is 0.274 e. The lowest BCUT2D eigenvalue weighted by Crippen LogP contribution is -2.22. The van der Waals surface area contributed by atoms with Crippen LogP contribution in [0.5, 0.6) is 11.5 Å². The van der Waals surface area contributed by atoms with Crippen LogP contribution in [0, 0.1) is 13.8 Å². The molecule has 0 spiro atoms. The van der Waals surface area contributed by atoms with Crippen molar-refractivity contribution in [2.75, 3.05) is 7.11 Å². The van der Waals surface area contributed by atoms with Crippen molar-refractivity contribution in [3.63, 3.8) is 0 Å². The van der Waals surface area contributed by atoms with Crippen molar-refractivity contribution in [1.82, 2.24) is 9.38 Å². The van der Waals surface area contributed by atoms with Gasteiger partial charge in [-0.1, -0.05) is 46.7 Å². The molecule has 0 aliphatic rings. The number of nitrogens with zero attached hydrogens (tertiary/aromatic N) is 2. The summed E-state index contributed by atoms with van der Waals surface area (Å²) in [6.45, 7) is 8.22. The molecule has 0 atom stereocenters. The molecule has 3 aromatic carbocycles. The molecule has 2 aromatic heterocycles. The lowest BCUT2D eigenvalue weighted by Gasteiger charge is -2.16. The minimum absolute atomic E-state index is 0.0901. The fourth-order valence-electron chi connectivity index (χ4n) is 4.25. The van der Waals surface area contributed by atoms with Crippen LogP contribution in [0.4, 0.5) is 0 Å². The van der Waals surface area contributed by atoms with Crippen LogP contribution in [0.3, 0.4) is 0 Å². The molecule has 5 rings (SSSR count). The number of fused-ring (bicyclic) bond motifs is 3. The van der Waals surface area contributed by atoms with Crippen LogP contribution in [0.25, 0.3) is 22.1 Å². The Balaban J connectivity index is 1.57. The summed E-state index contributed by atoms with van der Waals surface area (Å²) in [5.74, 6) is 1.16. The van der Waals surface area contributed by atoms with Crippen LogP contribution in [0.15, 0.2) is 59.9 Å². The molecule has 0 bridgehead atoms. The van der Waals surface area contributed by atoms with E-state index in [1.807, 2.05) is 50.3 Å². The van der Waals surface area contributed by atoms with E-state index in [-0.39, 0.29) is 12.2 Å². The largest absolute Gasteiger partial charge is 0.493 e. The van der Waals surface area contributed by atoms with Crippen molar-refractivity contribution in [3.8, 4) is 11.5 Å². The van der Waals surface area contributed by atoms with Gasteiger partial charge in [-0.15, -0.1) is 6.58 Å². The monoisotopic (exact) mass is 550 g/mol. The zero-order valence-electron chi connectivity index (χ0n) is 20.6. The summed E-state index contributed by atoms with van der Waals surface area (Å²) in [7, 11) is 1.59. The third kappa shape index (κ3) is 4.85. The minimum Gasteiger partial charge on any atom is -0.493 e. The maximum atomic E-state index is 13.4. The number of aromatic nitrogens is 2. The van der Waals surface area contributed by atoms with Gasteiger partial charge >= 0.3 is 0 Å². The number of hydrogen-bond donors (Lipinski definition) is 0. The Morgan fingerprint density at radius 1 is 1.08 bits per heavy atom. The first-order valence-corrected chi connectivity index (χ1v) is 13.2. The van der Waals surface area contributed by atoms with Gasteiger partial charge in [-0.05, 0) is 79.4 Å². The van der Waals surface area contributed by atoms with Crippen LogP contribution in [-0.2, 0) is 13.0 Å². The molecule has 0 aliphatic heterocycles. The quantitative estimate of drug-likeness (QED) is 0.211. The summed E-state index contributed by atoms with van der Waals surface area (Å²) in [6, 6.07) is 13.2. The fraction of sp³-hybridized carbons (Fsp3) is 0.172. The van der Waals surface area contributed by atoms with Gasteiger partial charge in [0.2, 0.25) is 0 Å². The predicted molar refractivity (Wildman–Crippen MR) is 153 cm³/mol. The maximum Gasteiger partial charge on any atom is 0.274 e. The van der Waals surface area contributed by atoms with Crippen LogP contribution >= 0.6 is 34.5 Å². The van der Waals surface area contributed by atoms with Gasteiger partial charge in [-0.2, -0.15) is 0 Å². The lowest BCUT2D eigenvalue weighted by atomic mass is 10.1. The van der Waals surface area contributed by atoms with E-state index in [0.29, 0.717) is 37.5 Å². The number of methoxy groups -OCH3 is 1. The molecular weight excluding hydrogens is 527 g/mol. The van der Waals surface area contributed by atoms with E-state index < -0.39 is 0 Å². The SMILES string of the molecule is C=CCc1cc(/C=c2\sc3nc4cc(C)c(C)cc4n3c2=O)cc(OC)c1OCc1ccc(Cl)cc1Cl. The average Bonchev–Trinajstić information content (AvgIpc) is 3.35. The summed E-state index contributed by atoms with van der Waals surface area (Å²) in [5.41, 5.74) is 6.36. The van der Waals surface area contributed by atoms with Gasteiger partial charge in [0.1, 0.15) is 6.61 Å². The topological polar surface area (TPSA) is 52.8 Å². The van der Waals surface area contributed by atoms with Crippen molar-refractivity contribution in [2.24, 2.45) is 0 Å². The van der Waals surface area contributed by atoms with E-state index in [1.54, 1.807) is 29.7 Å². The highest BCUT2D eigenvalue weighted by molar-refractivity contribution is 7.15. The summed E-state index contributed by atoms with van der Waals surface area (Å²) in [6.07, 6.45) is 4.22. The highest BCUT2D eigenvalue weighted by atomic mass is 35.5. The van der Waals surface area contributed by atoms with Crippen molar-refractivity contribution >= 4 is 56.6 Å². The van der Waals surface area contributed by atoms with Gasteiger partial charge in [0.05, 0.1) is 22.7 Å². The van der Waals surface area contributed by atoms with Crippen molar-refractivity contribution in [1.29, 1.82) is 0 Å². The molecule has 37 heavy (non-hydrogen) atoms. The van der Waals surface area contributed by atoms with E-state index in [0.717, 1.165) is 38.9 Å². The van der Waals surface area contributed by atoms with E-state index in [1.165, 1.54) is 11.3 Å². The average molecular weight is 551 g/mol. The Labute approximate surface area is 228 Å². The van der Waals surface area contributed by atoms with Crippen LogP contribution in [-0.4, -0.2) is 16.5 Å². The molecule has 2 heterocycles. The standard InChI is InChI=1S/C29H24Cl2N2O3S/c1-5-6-19-11-18(12-25(35-4)27(19)36-15-20-7-8-21(30)14-22(20)31)13-26-28(34)33-24-10-17(3)16(2)9-23(24)32-29(33)37-26/h5,7-14H,1,6,15H2,2-4H3/b26-13-. The first-order chi connectivity index (χ1) is 17.8. The van der Waals surface area contributed by atoms with Crippen LogP contribution in [0.1, 0.15) is 27.8 Å². The normalized spacial score (nSPS) is 12.0. The van der Waals surface area contributed by atoms with E-state index in [4.69, 9.17) is 32.7 Å². The van der Waals surface area contributed by atoms with E-state index in [9.17, 15) is 4.79 Å². The molecule has 0 aliphatic carbocycles. The fourth-order valence-corrected chi connectivity index (χ4v) is 5.70. The molecule has 5 nitrogen and oxygen atoms in total. The highest BCUT2D eigenvalue weighted by Gasteiger charge is 2.16. The van der Waals surface area contributed by atoms with Crippen LogP contribution in [0.2, 0.25) is 10.0 Å². The van der Waals surface area contributed by atoms with Crippen molar-refractivity contribution in [2.45, 2.75) is 26.9 Å². The zero-order chi connectivity index (χ0) is 26.3. The Morgan fingerprint density at radius 2 is 1.86 bits per heavy atom. The van der Waals surface area contributed by atoms with Crippen molar-refractivity contribution in [3.05, 3.63) is 108 Å². The molecular formula is C29H24Cl2N2O3S.